The first kappa shape index (κ1) is 19.7. The summed E-state index contributed by atoms with van der Waals surface area (Å²) in [6.45, 7) is 5.14. The SMILES string of the molecule is COc1cc(CCNc2nccc(-c3ccc(CC(C)C)cc3)n2)ccc1O. The minimum Gasteiger partial charge on any atom is -0.504 e. The summed E-state index contributed by atoms with van der Waals surface area (Å²) in [5.41, 5.74) is 4.40. The zero-order chi connectivity index (χ0) is 19.9. The standard InChI is InChI=1S/C23H27N3O2/c1-16(2)14-17-4-7-19(8-5-17)20-11-13-25-23(26-20)24-12-10-18-6-9-21(27)22(15-18)28-3/h4-9,11,13,15-16,27H,10,12,14H2,1-3H3,(H,24,25,26). The van der Waals surface area contributed by atoms with Crippen LogP contribution >= 0.6 is 0 Å². The Balaban J connectivity index is 1.62. The van der Waals surface area contributed by atoms with Crippen molar-refractivity contribution >= 4 is 5.95 Å². The van der Waals surface area contributed by atoms with Crippen LogP contribution in [0.25, 0.3) is 11.3 Å². The molecule has 0 radical (unpaired) electrons. The Morgan fingerprint density at radius 2 is 1.79 bits per heavy atom. The first-order valence-corrected chi connectivity index (χ1v) is 9.57. The van der Waals surface area contributed by atoms with Crippen molar-refractivity contribution in [3.05, 3.63) is 65.9 Å². The lowest BCUT2D eigenvalue weighted by Crippen LogP contribution is -2.08. The normalized spacial score (nSPS) is 10.9. The highest BCUT2D eigenvalue weighted by atomic mass is 16.5. The van der Waals surface area contributed by atoms with Crippen molar-refractivity contribution < 1.29 is 9.84 Å². The summed E-state index contributed by atoms with van der Waals surface area (Å²) in [6, 6.07) is 15.9. The number of benzene rings is 2. The summed E-state index contributed by atoms with van der Waals surface area (Å²) in [6.07, 6.45) is 3.63. The van der Waals surface area contributed by atoms with E-state index < -0.39 is 0 Å². The number of methoxy groups -OCH3 is 1. The molecule has 0 unspecified atom stereocenters. The van der Waals surface area contributed by atoms with E-state index in [9.17, 15) is 5.11 Å². The van der Waals surface area contributed by atoms with Gasteiger partial charge in [-0.25, -0.2) is 9.97 Å². The van der Waals surface area contributed by atoms with Gasteiger partial charge in [-0.15, -0.1) is 0 Å². The molecule has 0 saturated heterocycles. The predicted octanol–water partition coefficient (Wildman–Crippen LogP) is 4.71. The molecular weight excluding hydrogens is 350 g/mol. The molecule has 1 aromatic heterocycles. The minimum absolute atomic E-state index is 0.148. The largest absolute Gasteiger partial charge is 0.504 e. The molecular formula is C23H27N3O2. The predicted molar refractivity (Wildman–Crippen MR) is 113 cm³/mol. The van der Waals surface area contributed by atoms with E-state index in [1.54, 1.807) is 19.4 Å². The Bertz CT molecular complexity index is 908. The van der Waals surface area contributed by atoms with Gasteiger partial charge in [-0.1, -0.05) is 44.2 Å². The quantitative estimate of drug-likeness (QED) is 0.595. The molecule has 146 valence electrons. The molecule has 1 heterocycles. The van der Waals surface area contributed by atoms with E-state index in [4.69, 9.17) is 4.74 Å². The summed E-state index contributed by atoms with van der Waals surface area (Å²) in [5.74, 6) is 1.88. The smallest absolute Gasteiger partial charge is 0.223 e. The van der Waals surface area contributed by atoms with Crippen molar-refractivity contribution in [2.45, 2.75) is 26.7 Å². The summed E-state index contributed by atoms with van der Waals surface area (Å²) in [5, 5.41) is 12.9. The molecule has 0 spiro atoms. The number of phenolic OH excluding ortho intramolecular Hbond substituents is 1. The highest BCUT2D eigenvalue weighted by molar-refractivity contribution is 5.60. The highest BCUT2D eigenvalue weighted by Gasteiger charge is 2.05. The van der Waals surface area contributed by atoms with Gasteiger partial charge in [0.1, 0.15) is 0 Å². The van der Waals surface area contributed by atoms with Crippen LogP contribution in [-0.2, 0) is 12.8 Å². The van der Waals surface area contributed by atoms with Crippen molar-refractivity contribution in [3.8, 4) is 22.8 Å². The van der Waals surface area contributed by atoms with Crippen LogP contribution in [0.1, 0.15) is 25.0 Å². The van der Waals surface area contributed by atoms with Gasteiger partial charge in [-0.3, -0.25) is 0 Å². The van der Waals surface area contributed by atoms with Gasteiger partial charge in [0, 0.05) is 18.3 Å². The zero-order valence-electron chi connectivity index (χ0n) is 16.6. The number of aromatic hydroxyl groups is 1. The topological polar surface area (TPSA) is 67.3 Å². The molecule has 3 rings (SSSR count). The Kier molecular flexibility index (Phi) is 6.48. The van der Waals surface area contributed by atoms with E-state index in [1.165, 1.54) is 5.56 Å². The second-order valence-corrected chi connectivity index (χ2v) is 7.24. The Morgan fingerprint density at radius 1 is 1.04 bits per heavy atom. The molecule has 0 aliphatic heterocycles. The molecule has 28 heavy (non-hydrogen) atoms. The summed E-state index contributed by atoms with van der Waals surface area (Å²) in [7, 11) is 1.55. The van der Waals surface area contributed by atoms with Crippen LogP contribution in [0.4, 0.5) is 5.95 Å². The van der Waals surface area contributed by atoms with E-state index in [0.717, 1.165) is 29.7 Å². The van der Waals surface area contributed by atoms with Crippen LogP contribution in [0, 0.1) is 5.92 Å². The maximum absolute atomic E-state index is 9.68. The highest BCUT2D eigenvalue weighted by Crippen LogP contribution is 2.26. The van der Waals surface area contributed by atoms with E-state index >= 15 is 0 Å². The first-order valence-electron chi connectivity index (χ1n) is 9.57. The Labute approximate surface area is 166 Å². The van der Waals surface area contributed by atoms with E-state index in [1.807, 2.05) is 18.2 Å². The van der Waals surface area contributed by atoms with Gasteiger partial charge >= 0.3 is 0 Å². The van der Waals surface area contributed by atoms with Gasteiger partial charge in [-0.05, 0) is 48.1 Å². The van der Waals surface area contributed by atoms with E-state index in [-0.39, 0.29) is 5.75 Å². The van der Waals surface area contributed by atoms with Crippen LogP contribution < -0.4 is 10.1 Å². The van der Waals surface area contributed by atoms with E-state index in [0.29, 0.717) is 24.2 Å². The molecule has 0 aliphatic carbocycles. The third-order valence-electron chi connectivity index (χ3n) is 4.49. The second-order valence-electron chi connectivity index (χ2n) is 7.24. The van der Waals surface area contributed by atoms with Crippen molar-refractivity contribution in [2.24, 2.45) is 5.92 Å². The fraction of sp³-hybridized carbons (Fsp3) is 0.304. The van der Waals surface area contributed by atoms with Gasteiger partial charge in [0.25, 0.3) is 0 Å². The third-order valence-corrected chi connectivity index (χ3v) is 4.49. The van der Waals surface area contributed by atoms with Gasteiger partial charge in [0.2, 0.25) is 5.95 Å². The molecule has 0 aliphatic rings. The maximum atomic E-state index is 9.68. The summed E-state index contributed by atoms with van der Waals surface area (Å²) in [4.78, 5) is 8.94. The third kappa shape index (κ3) is 5.22. The number of ether oxygens (including phenoxy) is 1. The van der Waals surface area contributed by atoms with Gasteiger partial charge < -0.3 is 15.2 Å². The first-order chi connectivity index (χ1) is 13.5. The van der Waals surface area contributed by atoms with Crippen LogP contribution in [0.15, 0.2) is 54.7 Å². The average Bonchev–Trinajstić information content (AvgIpc) is 2.69. The Hall–Kier alpha value is -3.08. The number of nitrogens with one attached hydrogen (secondary N) is 1. The fourth-order valence-electron chi connectivity index (χ4n) is 3.08. The molecule has 3 aromatic rings. The van der Waals surface area contributed by atoms with Crippen LogP contribution in [0.3, 0.4) is 0 Å². The minimum atomic E-state index is 0.148. The molecule has 0 amide bonds. The fourth-order valence-corrected chi connectivity index (χ4v) is 3.08. The lowest BCUT2D eigenvalue weighted by atomic mass is 10.0. The van der Waals surface area contributed by atoms with Crippen molar-refractivity contribution in [2.75, 3.05) is 19.0 Å². The number of rotatable bonds is 8. The number of hydrogen-bond donors (Lipinski definition) is 2. The molecule has 0 saturated carbocycles. The lowest BCUT2D eigenvalue weighted by molar-refractivity contribution is 0.373. The van der Waals surface area contributed by atoms with Crippen LogP contribution in [-0.4, -0.2) is 28.7 Å². The van der Waals surface area contributed by atoms with Crippen LogP contribution in [0.2, 0.25) is 0 Å². The number of anilines is 1. The number of aromatic nitrogens is 2. The molecule has 5 nitrogen and oxygen atoms in total. The lowest BCUT2D eigenvalue weighted by Gasteiger charge is -2.09. The van der Waals surface area contributed by atoms with Gasteiger partial charge in [-0.2, -0.15) is 0 Å². The molecule has 2 aromatic carbocycles. The van der Waals surface area contributed by atoms with E-state index in [2.05, 4.69) is 53.4 Å². The monoisotopic (exact) mass is 377 g/mol. The van der Waals surface area contributed by atoms with Crippen molar-refractivity contribution in [1.29, 1.82) is 0 Å². The number of hydrogen-bond acceptors (Lipinski definition) is 5. The zero-order valence-corrected chi connectivity index (χ0v) is 16.6. The summed E-state index contributed by atoms with van der Waals surface area (Å²) < 4.78 is 5.15. The molecule has 2 N–H and O–H groups in total. The van der Waals surface area contributed by atoms with Gasteiger partial charge in [0.05, 0.1) is 12.8 Å². The van der Waals surface area contributed by atoms with Crippen LogP contribution in [0.5, 0.6) is 11.5 Å². The molecule has 0 fully saturated rings. The number of phenols is 1. The van der Waals surface area contributed by atoms with Crippen molar-refractivity contribution in [1.82, 2.24) is 9.97 Å². The maximum Gasteiger partial charge on any atom is 0.223 e. The number of nitrogens with zero attached hydrogens (tertiary/aromatic N) is 2. The molecule has 5 heteroatoms. The summed E-state index contributed by atoms with van der Waals surface area (Å²) >= 11 is 0. The molecule has 0 atom stereocenters. The van der Waals surface area contributed by atoms with Crippen molar-refractivity contribution in [3.63, 3.8) is 0 Å². The second kappa shape index (κ2) is 9.22. The molecule has 0 bridgehead atoms. The Morgan fingerprint density at radius 3 is 2.50 bits per heavy atom. The average molecular weight is 377 g/mol. The van der Waals surface area contributed by atoms with Gasteiger partial charge in [0.15, 0.2) is 11.5 Å².